The maximum Gasteiger partial charge on any atom is 0.407 e. The highest BCUT2D eigenvalue weighted by Crippen LogP contribution is 2.44. The summed E-state index contributed by atoms with van der Waals surface area (Å²) >= 11 is 0. The van der Waals surface area contributed by atoms with Crippen molar-refractivity contribution in [2.45, 2.75) is 12.5 Å². The van der Waals surface area contributed by atoms with Gasteiger partial charge in [-0.15, -0.1) is 0 Å². The molecule has 1 amide bonds. The van der Waals surface area contributed by atoms with Crippen LogP contribution >= 0.6 is 0 Å². The number of ether oxygens (including phenoxy) is 1. The highest BCUT2D eigenvalue weighted by molar-refractivity contribution is 5.89. The van der Waals surface area contributed by atoms with E-state index >= 15 is 0 Å². The van der Waals surface area contributed by atoms with Crippen molar-refractivity contribution in [2.24, 2.45) is 0 Å². The maximum absolute atomic E-state index is 12.2. The van der Waals surface area contributed by atoms with E-state index in [-0.39, 0.29) is 24.6 Å². The molecule has 0 radical (unpaired) electrons. The lowest BCUT2D eigenvalue weighted by atomic mass is 9.98. The Balaban J connectivity index is 1.43. The molecule has 1 aliphatic rings. The van der Waals surface area contributed by atoms with E-state index in [2.05, 4.69) is 29.6 Å². The van der Waals surface area contributed by atoms with Crippen LogP contribution in [-0.4, -0.2) is 23.8 Å². The van der Waals surface area contributed by atoms with E-state index in [1.165, 1.54) is 17.2 Å². The quantitative estimate of drug-likeness (QED) is 0.694. The maximum atomic E-state index is 12.2. The summed E-state index contributed by atoms with van der Waals surface area (Å²) in [6.07, 6.45) is -0.568. The van der Waals surface area contributed by atoms with Gasteiger partial charge in [0.05, 0.1) is 5.56 Å². The number of aromatic carboxylic acids is 1. The third kappa shape index (κ3) is 3.34. The zero-order chi connectivity index (χ0) is 19.5. The molecule has 3 aromatic carbocycles. The molecule has 0 unspecified atom stereocenters. The highest BCUT2D eigenvalue weighted by Gasteiger charge is 2.28. The molecule has 0 atom stereocenters. The molecule has 0 saturated heterocycles. The lowest BCUT2D eigenvalue weighted by molar-refractivity contribution is 0.0695. The fraction of sp³-hybridized carbons (Fsp3) is 0.130. The molecule has 0 aliphatic heterocycles. The molecule has 5 heteroatoms. The van der Waals surface area contributed by atoms with Gasteiger partial charge in [-0.25, -0.2) is 9.59 Å². The second kappa shape index (κ2) is 7.56. The Morgan fingerprint density at radius 3 is 2.07 bits per heavy atom. The summed E-state index contributed by atoms with van der Waals surface area (Å²) in [6.45, 7) is 0.319. The Kier molecular flexibility index (Phi) is 4.81. The Labute approximate surface area is 162 Å². The topological polar surface area (TPSA) is 75.6 Å². The molecule has 0 bridgehead atoms. The normalized spacial score (nSPS) is 12.1. The van der Waals surface area contributed by atoms with E-state index in [1.807, 2.05) is 24.3 Å². The van der Waals surface area contributed by atoms with E-state index in [9.17, 15) is 14.7 Å². The SMILES string of the molecule is O=C(NCc1ccccc1C(=O)O)OCC1c2ccccc2-c2ccccc21. The van der Waals surface area contributed by atoms with E-state index in [0.717, 1.165) is 11.1 Å². The Hall–Kier alpha value is -3.60. The molecule has 0 saturated carbocycles. The number of benzene rings is 3. The van der Waals surface area contributed by atoms with Crippen LogP contribution < -0.4 is 5.32 Å². The molecule has 0 aromatic heterocycles. The summed E-state index contributed by atoms with van der Waals surface area (Å²) in [5.74, 6) is -1.03. The van der Waals surface area contributed by atoms with Gasteiger partial charge in [-0.2, -0.15) is 0 Å². The minimum atomic E-state index is -1.02. The fourth-order valence-corrected chi connectivity index (χ4v) is 3.70. The van der Waals surface area contributed by atoms with Crippen molar-refractivity contribution >= 4 is 12.1 Å². The van der Waals surface area contributed by atoms with Gasteiger partial charge >= 0.3 is 12.1 Å². The number of hydrogen-bond donors (Lipinski definition) is 2. The third-order valence-corrected chi connectivity index (χ3v) is 5.01. The molecule has 3 aromatic rings. The lowest BCUT2D eigenvalue weighted by Gasteiger charge is -2.15. The number of carbonyl (C=O) groups is 2. The van der Waals surface area contributed by atoms with Crippen molar-refractivity contribution in [1.82, 2.24) is 5.32 Å². The Bertz CT molecular complexity index is 999. The first-order valence-electron chi connectivity index (χ1n) is 9.05. The van der Waals surface area contributed by atoms with Crippen LogP contribution in [-0.2, 0) is 11.3 Å². The van der Waals surface area contributed by atoms with Crippen LogP contribution in [0.3, 0.4) is 0 Å². The molecule has 2 N–H and O–H groups in total. The molecular formula is C23H19NO4. The van der Waals surface area contributed by atoms with Crippen molar-refractivity contribution in [3.63, 3.8) is 0 Å². The Morgan fingerprint density at radius 1 is 0.857 bits per heavy atom. The number of hydrogen-bond acceptors (Lipinski definition) is 3. The van der Waals surface area contributed by atoms with Gasteiger partial charge in [-0.3, -0.25) is 0 Å². The van der Waals surface area contributed by atoms with Gasteiger partial charge in [0.1, 0.15) is 6.61 Å². The first kappa shape index (κ1) is 17.8. The number of carboxylic acid groups (broad SMARTS) is 1. The summed E-state index contributed by atoms with van der Waals surface area (Å²) in [4.78, 5) is 23.5. The predicted molar refractivity (Wildman–Crippen MR) is 105 cm³/mol. The molecule has 1 aliphatic carbocycles. The number of alkyl carbamates (subject to hydrolysis) is 1. The van der Waals surface area contributed by atoms with E-state index in [0.29, 0.717) is 5.56 Å². The monoisotopic (exact) mass is 373 g/mol. The number of amides is 1. The van der Waals surface area contributed by atoms with Crippen LogP contribution in [0.2, 0.25) is 0 Å². The van der Waals surface area contributed by atoms with E-state index in [1.54, 1.807) is 18.2 Å². The van der Waals surface area contributed by atoms with Gasteiger partial charge in [0, 0.05) is 12.5 Å². The number of nitrogens with one attached hydrogen (secondary N) is 1. The number of carboxylic acids is 1. The largest absolute Gasteiger partial charge is 0.478 e. The van der Waals surface area contributed by atoms with Gasteiger partial charge < -0.3 is 15.2 Å². The van der Waals surface area contributed by atoms with Crippen LogP contribution in [0.25, 0.3) is 11.1 Å². The second-order valence-electron chi connectivity index (χ2n) is 6.64. The average Bonchev–Trinajstić information content (AvgIpc) is 3.05. The predicted octanol–water partition coefficient (Wildman–Crippen LogP) is 4.42. The first-order chi connectivity index (χ1) is 13.6. The van der Waals surface area contributed by atoms with Crippen molar-refractivity contribution in [1.29, 1.82) is 0 Å². The van der Waals surface area contributed by atoms with Crippen molar-refractivity contribution < 1.29 is 19.4 Å². The first-order valence-corrected chi connectivity index (χ1v) is 9.05. The van der Waals surface area contributed by atoms with Crippen LogP contribution in [0.1, 0.15) is 33.0 Å². The lowest BCUT2D eigenvalue weighted by Crippen LogP contribution is -2.26. The molecule has 0 fully saturated rings. The number of carbonyl (C=O) groups excluding carboxylic acids is 1. The van der Waals surface area contributed by atoms with Crippen molar-refractivity contribution in [3.8, 4) is 11.1 Å². The molecule has 5 nitrogen and oxygen atoms in total. The minimum absolute atomic E-state index is 0.00976. The molecule has 0 spiro atoms. The van der Waals surface area contributed by atoms with Crippen LogP contribution in [0, 0.1) is 0 Å². The zero-order valence-electron chi connectivity index (χ0n) is 15.1. The van der Waals surface area contributed by atoms with Crippen molar-refractivity contribution in [3.05, 3.63) is 95.1 Å². The van der Waals surface area contributed by atoms with Gasteiger partial charge in [0.2, 0.25) is 0 Å². The molecular weight excluding hydrogens is 354 g/mol. The molecule has 0 heterocycles. The van der Waals surface area contributed by atoms with Gasteiger partial charge in [0.25, 0.3) is 0 Å². The van der Waals surface area contributed by atoms with Crippen molar-refractivity contribution in [2.75, 3.05) is 6.61 Å². The fourth-order valence-electron chi connectivity index (χ4n) is 3.70. The number of rotatable bonds is 5. The summed E-state index contributed by atoms with van der Waals surface area (Å²) in [5, 5.41) is 11.9. The van der Waals surface area contributed by atoms with Crippen LogP contribution in [0.5, 0.6) is 0 Å². The summed E-state index contributed by atoms with van der Waals surface area (Å²) < 4.78 is 5.46. The molecule has 28 heavy (non-hydrogen) atoms. The average molecular weight is 373 g/mol. The van der Waals surface area contributed by atoms with Gasteiger partial charge in [-0.05, 0) is 33.9 Å². The Morgan fingerprint density at radius 2 is 1.43 bits per heavy atom. The number of fused-ring (bicyclic) bond motifs is 3. The van der Waals surface area contributed by atoms with Gasteiger partial charge in [0.15, 0.2) is 0 Å². The van der Waals surface area contributed by atoms with Crippen LogP contribution in [0.4, 0.5) is 4.79 Å². The zero-order valence-corrected chi connectivity index (χ0v) is 15.1. The summed E-state index contributed by atoms with van der Waals surface area (Å²) in [6, 6.07) is 22.8. The van der Waals surface area contributed by atoms with Crippen LogP contribution in [0.15, 0.2) is 72.8 Å². The standard InChI is InChI=1S/C23H19NO4/c25-22(26)16-8-2-1-7-15(16)13-24-23(27)28-14-21-19-11-5-3-9-17(19)18-10-4-6-12-20(18)21/h1-12,21H,13-14H2,(H,24,27)(H,25,26). The molecule has 4 rings (SSSR count). The second-order valence-corrected chi connectivity index (χ2v) is 6.64. The van der Waals surface area contributed by atoms with Gasteiger partial charge in [-0.1, -0.05) is 66.7 Å². The highest BCUT2D eigenvalue weighted by atomic mass is 16.5. The smallest absolute Gasteiger partial charge is 0.407 e. The third-order valence-electron chi connectivity index (χ3n) is 5.01. The van der Waals surface area contributed by atoms with E-state index in [4.69, 9.17) is 4.74 Å². The van der Waals surface area contributed by atoms with E-state index < -0.39 is 12.1 Å². The summed E-state index contributed by atoms with van der Waals surface area (Å²) in [7, 11) is 0. The molecule has 140 valence electrons. The summed E-state index contributed by atoms with van der Waals surface area (Å²) in [5.41, 5.74) is 5.33. The minimum Gasteiger partial charge on any atom is -0.478 e.